The predicted molar refractivity (Wildman–Crippen MR) is 247 cm³/mol. The first-order chi connectivity index (χ1) is 28.7. The van der Waals surface area contributed by atoms with Crippen molar-refractivity contribution in [3.63, 3.8) is 0 Å². The van der Waals surface area contributed by atoms with Crippen LogP contribution in [-0.2, 0) is 0 Å². The van der Waals surface area contributed by atoms with E-state index in [-0.39, 0.29) is 0 Å². The first kappa shape index (κ1) is 37.1. The Morgan fingerprint density at radius 3 is 1.16 bits per heavy atom. The van der Waals surface area contributed by atoms with Gasteiger partial charge in [-0.05, 0) is 108 Å². The molecule has 1 nitrogen and oxygen atoms in total. The predicted octanol–water partition coefficient (Wildman–Crippen LogP) is 14.7. The smallest absolute Gasteiger partial charge is 0.0991 e. The lowest BCUT2D eigenvalue weighted by Gasteiger charge is -2.09. The van der Waals surface area contributed by atoms with E-state index >= 15 is 0 Å². The van der Waals surface area contributed by atoms with Crippen molar-refractivity contribution in [1.82, 2.24) is 0 Å². The van der Waals surface area contributed by atoms with E-state index in [2.05, 4.69) is 237 Å². The summed E-state index contributed by atoms with van der Waals surface area (Å²) in [6.07, 6.45) is 13.2. The largest absolute Gasteiger partial charge is 0.192 e. The molecule has 0 N–H and O–H groups in total. The summed E-state index contributed by atoms with van der Waals surface area (Å²) in [5.74, 6) is 0. The van der Waals surface area contributed by atoms with Crippen molar-refractivity contribution < 1.29 is 0 Å². The first-order valence-electron chi connectivity index (χ1n) is 19.5. The second-order valence-electron chi connectivity index (χ2n) is 14.1. The molecule has 0 spiro atoms. The van der Waals surface area contributed by atoms with E-state index < -0.39 is 0 Å². The normalized spacial score (nSPS) is 10.9. The van der Waals surface area contributed by atoms with Crippen LogP contribution in [-0.4, -0.2) is 0 Å². The van der Waals surface area contributed by atoms with Crippen LogP contribution >= 0.6 is 0 Å². The van der Waals surface area contributed by atoms with Gasteiger partial charge in [-0.2, -0.15) is 5.26 Å². The van der Waals surface area contributed by atoms with Gasteiger partial charge in [0.2, 0.25) is 0 Å². The molecule has 0 fully saturated rings. The summed E-state index contributed by atoms with van der Waals surface area (Å²) in [6, 6.07) is 76.1. The summed E-state index contributed by atoms with van der Waals surface area (Å²) in [6.45, 7) is 0. The average molecular weight is 740 g/mol. The van der Waals surface area contributed by atoms with Gasteiger partial charge in [0, 0.05) is 0 Å². The van der Waals surface area contributed by atoms with Crippen LogP contribution in [0.15, 0.2) is 212 Å². The van der Waals surface area contributed by atoms with Crippen molar-refractivity contribution >= 4 is 47.6 Å². The van der Waals surface area contributed by atoms with Gasteiger partial charge in [0.1, 0.15) is 0 Å². The molecule has 8 aromatic rings. The van der Waals surface area contributed by atoms with Crippen molar-refractivity contribution in [2.24, 2.45) is 0 Å². The molecular weight excluding hydrogens is 699 g/mol. The quantitative estimate of drug-likeness (QED) is 0.121. The van der Waals surface area contributed by atoms with Crippen molar-refractivity contribution in [2.45, 2.75) is 0 Å². The molecule has 58 heavy (non-hydrogen) atoms. The van der Waals surface area contributed by atoms with Crippen molar-refractivity contribution in [1.29, 1.82) is 5.26 Å². The third-order valence-corrected chi connectivity index (χ3v) is 10.2. The van der Waals surface area contributed by atoms with E-state index in [0.29, 0.717) is 5.56 Å². The monoisotopic (exact) mass is 739 g/mol. The van der Waals surface area contributed by atoms with Gasteiger partial charge in [-0.3, -0.25) is 0 Å². The Balaban J connectivity index is 1.08. The molecule has 0 saturated carbocycles. The van der Waals surface area contributed by atoms with Crippen molar-refractivity contribution in [3.8, 4) is 17.2 Å². The highest BCUT2D eigenvalue weighted by molar-refractivity contribution is 5.93. The lowest BCUT2D eigenvalue weighted by Crippen LogP contribution is -1.88. The fraction of sp³-hybridized carbons (Fsp3) is 0. The van der Waals surface area contributed by atoms with Gasteiger partial charge in [-0.1, -0.05) is 218 Å². The zero-order chi connectivity index (χ0) is 39.4. The minimum absolute atomic E-state index is 0.647. The molecule has 0 atom stereocenters. The summed E-state index contributed by atoms with van der Waals surface area (Å²) >= 11 is 0. The molecule has 0 radical (unpaired) electrons. The Bertz CT molecular complexity index is 2680. The van der Waals surface area contributed by atoms with Crippen LogP contribution < -0.4 is 0 Å². The molecule has 0 heterocycles. The van der Waals surface area contributed by atoms with Gasteiger partial charge in [0.15, 0.2) is 0 Å². The number of nitriles is 1. The maximum absolute atomic E-state index is 9.57. The van der Waals surface area contributed by atoms with E-state index in [1.54, 1.807) is 0 Å². The summed E-state index contributed by atoms with van der Waals surface area (Å²) in [7, 11) is 0. The van der Waals surface area contributed by atoms with Crippen molar-refractivity contribution in [3.05, 3.63) is 274 Å². The van der Waals surface area contributed by atoms with Crippen LogP contribution in [0, 0.1) is 11.3 Å². The summed E-state index contributed by atoms with van der Waals surface area (Å²) in [4.78, 5) is 0. The first-order valence-corrected chi connectivity index (χ1v) is 19.5. The van der Waals surface area contributed by atoms with E-state index in [1.807, 2.05) is 18.2 Å². The zero-order valence-electron chi connectivity index (χ0n) is 32.1. The second kappa shape index (κ2) is 18.2. The number of hydrogen-bond acceptors (Lipinski definition) is 1. The molecule has 0 aliphatic rings. The fourth-order valence-electron chi connectivity index (χ4n) is 7.07. The number of nitrogens with zero attached hydrogens (tertiary/aromatic N) is 1. The Labute approximate surface area is 342 Å². The third-order valence-electron chi connectivity index (χ3n) is 10.2. The van der Waals surface area contributed by atoms with Gasteiger partial charge in [-0.25, -0.2) is 0 Å². The van der Waals surface area contributed by atoms with Crippen LogP contribution in [0.1, 0.15) is 61.2 Å². The number of hydrogen-bond donors (Lipinski definition) is 0. The van der Waals surface area contributed by atoms with Crippen molar-refractivity contribution in [2.75, 3.05) is 0 Å². The molecule has 274 valence electrons. The van der Waals surface area contributed by atoms with Crippen LogP contribution in [0.3, 0.4) is 0 Å². The van der Waals surface area contributed by atoms with E-state index in [0.717, 1.165) is 44.5 Å². The maximum Gasteiger partial charge on any atom is 0.0991 e. The molecule has 8 rings (SSSR count). The van der Waals surface area contributed by atoms with Crippen LogP contribution in [0.5, 0.6) is 0 Å². The minimum atomic E-state index is 0.647. The molecule has 0 aliphatic carbocycles. The zero-order valence-corrected chi connectivity index (χ0v) is 32.1. The molecular formula is C57H41N. The Morgan fingerprint density at radius 1 is 0.328 bits per heavy atom. The molecule has 1 heteroatoms. The molecule has 0 saturated heterocycles. The molecule has 0 bridgehead atoms. The average Bonchev–Trinajstić information content (AvgIpc) is 3.30. The van der Waals surface area contributed by atoms with E-state index in [9.17, 15) is 5.26 Å². The molecule has 8 aromatic carbocycles. The van der Waals surface area contributed by atoms with E-state index in [1.165, 1.54) is 33.4 Å². The fourth-order valence-corrected chi connectivity index (χ4v) is 7.07. The lowest BCUT2D eigenvalue weighted by atomic mass is 9.95. The topological polar surface area (TPSA) is 23.8 Å². The summed E-state index contributed by atoms with van der Waals surface area (Å²) in [5.41, 5.74) is 16.6. The summed E-state index contributed by atoms with van der Waals surface area (Å²) in [5, 5.41) is 9.57. The highest BCUT2D eigenvalue weighted by atomic mass is 14.2. The Hall–Kier alpha value is -7.79. The molecule has 0 aliphatic heterocycles. The Morgan fingerprint density at radius 2 is 0.724 bits per heavy atom. The third kappa shape index (κ3) is 9.35. The van der Waals surface area contributed by atoms with Gasteiger partial charge in [-0.15, -0.1) is 0 Å². The summed E-state index contributed by atoms with van der Waals surface area (Å²) < 4.78 is 0. The highest BCUT2D eigenvalue weighted by Crippen LogP contribution is 2.29. The molecule has 0 unspecified atom stereocenters. The Kier molecular flexibility index (Phi) is 11.7. The number of benzene rings is 8. The van der Waals surface area contributed by atoms with Crippen LogP contribution in [0.4, 0.5) is 0 Å². The van der Waals surface area contributed by atoms with E-state index in [4.69, 9.17) is 0 Å². The van der Waals surface area contributed by atoms with Gasteiger partial charge >= 0.3 is 0 Å². The minimum Gasteiger partial charge on any atom is -0.192 e. The SMILES string of the molecule is N#Cc1cccc(-c2ccc(C=Cc3ccc(C=C(c4ccccc4)c4ccccc4)cc3)c(C=Cc3ccc(C=C(c4ccccc4)c4ccccc4)cc3)c2)c1. The van der Waals surface area contributed by atoms with Crippen LogP contribution in [0.2, 0.25) is 0 Å². The number of rotatable bonds is 11. The highest BCUT2D eigenvalue weighted by Gasteiger charge is 2.08. The van der Waals surface area contributed by atoms with Crippen LogP contribution in [0.25, 0.3) is 58.7 Å². The maximum atomic E-state index is 9.57. The lowest BCUT2D eigenvalue weighted by molar-refractivity contribution is 1.48. The van der Waals surface area contributed by atoms with Gasteiger partial charge < -0.3 is 0 Å². The molecule has 0 aromatic heterocycles. The second-order valence-corrected chi connectivity index (χ2v) is 14.1. The molecule has 0 amide bonds. The standard InChI is InChI=1S/C57H41N/c58-42-47-14-13-23-53(38-47)55-37-36-48(34-32-43-24-28-45(29-25-43)39-56(49-15-5-1-6-16-49)50-17-7-2-8-18-50)54(41-55)35-33-44-26-30-46(31-27-44)40-57(51-19-9-3-10-20-51)52-21-11-4-12-22-52/h1-41H. The van der Waals surface area contributed by atoms with Gasteiger partial charge in [0.25, 0.3) is 0 Å². The van der Waals surface area contributed by atoms with Gasteiger partial charge in [0.05, 0.1) is 11.6 Å².